The lowest BCUT2D eigenvalue weighted by molar-refractivity contribution is -0.925. The number of aromatic hydroxyl groups is 1. The average Bonchev–Trinajstić information content (AvgIpc) is 3.66. The number of piperidine rings is 1. The number of nitrogens with zero attached hydrogens (tertiary/aromatic N) is 1. The minimum Gasteiger partial charge on any atom is -0.508 e. The van der Waals surface area contributed by atoms with Crippen molar-refractivity contribution in [1.29, 1.82) is 0 Å². The third-order valence-electron chi connectivity index (χ3n) is 8.78. The molecule has 0 spiro atoms. The Hall–Kier alpha value is -3.02. The Morgan fingerprint density at radius 3 is 2.53 bits per heavy atom. The number of nitrogens with one attached hydrogen (secondary N) is 1. The number of aliphatic hydroxyl groups is 1. The Kier molecular flexibility index (Phi) is 6.73. The third-order valence-corrected chi connectivity index (χ3v) is 8.78. The number of halogens is 3. The molecule has 4 atom stereocenters. The first-order valence-corrected chi connectivity index (χ1v) is 13.3. The van der Waals surface area contributed by atoms with Crippen LogP contribution in [0.3, 0.4) is 0 Å². The summed E-state index contributed by atoms with van der Waals surface area (Å²) in [5, 5.41) is 25.5. The molecule has 38 heavy (non-hydrogen) atoms. The molecule has 5 nitrogen and oxygen atoms in total. The summed E-state index contributed by atoms with van der Waals surface area (Å²) in [6.45, 7) is 2.61. The van der Waals surface area contributed by atoms with Crippen molar-refractivity contribution < 1.29 is 32.7 Å². The standard InChI is InChI=1S/C30H33F3N2O3/c1-35(19-22-5-6-22)16-15-28(24-3-2-4-26(36)17-24)18-25(13-14-29(28,38)20-35)34-27(37)12-9-21-7-10-23(11-8-21)30(31,32)33/h2-4,7-8,10-11,17,22,25,38H,5-6,13-16,18-20H2,1H3,(H-,34,36,37)/p+1/t25-,28+,29?,35-/m1/s1. The van der Waals surface area contributed by atoms with E-state index in [1.807, 2.05) is 6.07 Å². The highest BCUT2D eigenvalue weighted by Crippen LogP contribution is 2.53. The molecule has 3 N–H and O–H groups in total. The van der Waals surface area contributed by atoms with Crippen LogP contribution in [0.25, 0.3) is 0 Å². The maximum atomic E-state index is 12.8. The molecule has 0 bridgehead atoms. The van der Waals surface area contributed by atoms with Crippen LogP contribution < -0.4 is 5.32 Å². The topological polar surface area (TPSA) is 69.6 Å². The van der Waals surface area contributed by atoms with Gasteiger partial charge in [0.2, 0.25) is 0 Å². The van der Waals surface area contributed by atoms with E-state index < -0.39 is 28.7 Å². The van der Waals surface area contributed by atoms with E-state index in [2.05, 4.69) is 24.2 Å². The molecule has 2 aromatic rings. The van der Waals surface area contributed by atoms with Gasteiger partial charge >= 0.3 is 6.18 Å². The minimum atomic E-state index is -4.43. The molecule has 1 amide bonds. The number of phenolic OH excluding ortho intramolecular Hbond substituents is 1. The van der Waals surface area contributed by atoms with Gasteiger partial charge in [-0.05, 0) is 74.1 Å². The third kappa shape index (κ3) is 5.41. The van der Waals surface area contributed by atoms with Crippen molar-refractivity contribution in [3.8, 4) is 17.6 Å². The second-order valence-electron chi connectivity index (χ2n) is 11.8. The summed E-state index contributed by atoms with van der Waals surface area (Å²) >= 11 is 0. The number of fused-ring (bicyclic) bond motifs is 1. The van der Waals surface area contributed by atoms with E-state index in [1.165, 1.54) is 25.0 Å². The van der Waals surface area contributed by atoms with Crippen molar-refractivity contribution in [2.24, 2.45) is 5.92 Å². The first-order chi connectivity index (χ1) is 17.9. The number of carbonyl (C=O) groups is 1. The molecule has 0 radical (unpaired) electrons. The summed E-state index contributed by atoms with van der Waals surface area (Å²) in [4.78, 5) is 12.7. The van der Waals surface area contributed by atoms with Crippen molar-refractivity contribution in [1.82, 2.24) is 5.32 Å². The second kappa shape index (κ2) is 9.62. The van der Waals surface area contributed by atoms with Crippen molar-refractivity contribution in [2.75, 3.05) is 26.7 Å². The highest BCUT2D eigenvalue weighted by Gasteiger charge is 2.62. The van der Waals surface area contributed by atoms with Gasteiger partial charge in [-0.3, -0.25) is 4.79 Å². The molecular formula is C30H34F3N2O3+. The van der Waals surface area contributed by atoms with Gasteiger partial charge in [0.25, 0.3) is 5.91 Å². The number of amides is 1. The summed E-state index contributed by atoms with van der Waals surface area (Å²) in [7, 11) is 2.23. The molecule has 3 fully saturated rings. The number of rotatable bonds is 4. The van der Waals surface area contributed by atoms with Gasteiger partial charge in [0.1, 0.15) is 17.9 Å². The van der Waals surface area contributed by atoms with E-state index in [9.17, 15) is 28.2 Å². The van der Waals surface area contributed by atoms with E-state index in [1.54, 1.807) is 18.2 Å². The van der Waals surface area contributed by atoms with Crippen LogP contribution in [0.4, 0.5) is 13.2 Å². The number of likely N-dealkylation sites (N-methyl/N-ethyl adjacent to an activating group) is 1. The molecule has 5 rings (SSSR count). The lowest BCUT2D eigenvalue weighted by atomic mass is 9.55. The fourth-order valence-corrected chi connectivity index (χ4v) is 6.73. The van der Waals surface area contributed by atoms with E-state index in [0.717, 1.165) is 47.6 Å². The molecule has 1 aliphatic heterocycles. The average molecular weight is 528 g/mol. The zero-order chi connectivity index (χ0) is 27.2. The lowest BCUT2D eigenvalue weighted by Gasteiger charge is -2.59. The predicted octanol–water partition coefficient (Wildman–Crippen LogP) is 4.36. The Morgan fingerprint density at radius 2 is 1.87 bits per heavy atom. The summed E-state index contributed by atoms with van der Waals surface area (Å²) < 4.78 is 39.2. The highest BCUT2D eigenvalue weighted by atomic mass is 19.4. The van der Waals surface area contributed by atoms with Crippen molar-refractivity contribution in [2.45, 2.75) is 61.8 Å². The molecule has 0 aromatic heterocycles. The molecule has 2 aliphatic carbocycles. The fourth-order valence-electron chi connectivity index (χ4n) is 6.73. The number of carbonyl (C=O) groups excluding carboxylic acids is 1. The molecule has 8 heteroatoms. The van der Waals surface area contributed by atoms with E-state index in [-0.39, 0.29) is 11.8 Å². The summed E-state index contributed by atoms with van der Waals surface area (Å²) in [5.41, 5.74) is -1.16. The van der Waals surface area contributed by atoms with Gasteiger partial charge in [-0.25, -0.2) is 0 Å². The number of hydrogen-bond acceptors (Lipinski definition) is 3. The smallest absolute Gasteiger partial charge is 0.416 e. The Morgan fingerprint density at radius 1 is 1.13 bits per heavy atom. The SMILES string of the molecule is C[N@+]1(CC2CC2)CC[C@@]2(c3cccc(O)c3)C[C@H](NC(=O)C#Cc3ccc(C(F)(F)F)cc3)CCC2(O)C1. The quantitative estimate of drug-likeness (QED) is 0.409. The molecule has 1 unspecified atom stereocenters. The lowest BCUT2D eigenvalue weighted by Crippen LogP contribution is -2.71. The van der Waals surface area contributed by atoms with Crippen LogP contribution in [0.2, 0.25) is 0 Å². The van der Waals surface area contributed by atoms with Crippen LogP contribution >= 0.6 is 0 Å². The minimum absolute atomic E-state index is 0.147. The largest absolute Gasteiger partial charge is 0.508 e. The van der Waals surface area contributed by atoms with Crippen LogP contribution in [0.15, 0.2) is 48.5 Å². The number of likely N-dealkylation sites (tertiary alicyclic amines) is 1. The molecule has 202 valence electrons. The number of alkyl halides is 3. The van der Waals surface area contributed by atoms with Crippen LogP contribution in [0.1, 0.15) is 55.2 Å². The zero-order valence-corrected chi connectivity index (χ0v) is 21.5. The van der Waals surface area contributed by atoms with Crippen LogP contribution in [0, 0.1) is 17.8 Å². The normalized spacial score (nSPS) is 31.0. The maximum Gasteiger partial charge on any atom is 0.416 e. The Bertz CT molecular complexity index is 1260. The molecule has 1 saturated heterocycles. The molecule has 1 heterocycles. The van der Waals surface area contributed by atoms with E-state index >= 15 is 0 Å². The Balaban J connectivity index is 1.34. The number of quaternary nitrogens is 1. The second-order valence-corrected chi connectivity index (χ2v) is 11.8. The van der Waals surface area contributed by atoms with E-state index in [0.29, 0.717) is 31.4 Å². The van der Waals surface area contributed by atoms with Crippen LogP contribution in [-0.2, 0) is 16.4 Å². The fraction of sp³-hybridized carbons (Fsp3) is 0.500. The van der Waals surface area contributed by atoms with Gasteiger partial charge in [0, 0.05) is 35.3 Å². The van der Waals surface area contributed by atoms with Gasteiger partial charge in [-0.1, -0.05) is 18.1 Å². The van der Waals surface area contributed by atoms with Gasteiger partial charge in [0.15, 0.2) is 0 Å². The number of phenols is 1. The van der Waals surface area contributed by atoms with Gasteiger partial charge < -0.3 is 20.0 Å². The monoisotopic (exact) mass is 527 g/mol. The molecular weight excluding hydrogens is 493 g/mol. The first-order valence-electron chi connectivity index (χ1n) is 13.3. The summed E-state index contributed by atoms with van der Waals surface area (Å²) in [5.74, 6) is 5.52. The van der Waals surface area contributed by atoms with Crippen LogP contribution in [0.5, 0.6) is 5.75 Å². The molecule has 2 aromatic carbocycles. The molecule has 2 saturated carbocycles. The highest BCUT2D eigenvalue weighted by molar-refractivity contribution is 5.94. The van der Waals surface area contributed by atoms with Gasteiger partial charge in [0.05, 0.1) is 25.7 Å². The number of hydrogen-bond donors (Lipinski definition) is 3. The molecule has 3 aliphatic rings. The Labute approximate surface area is 221 Å². The van der Waals surface area contributed by atoms with E-state index in [4.69, 9.17) is 0 Å². The van der Waals surface area contributed by atoms with Crippen molar-refractivity contribution >= 4 is 5.91 Å². The number of benzene rings is 2. The van der Waals surface area contributed by atoms with Gasteiger partial charge in [-0.2, -0.15) is 13.2 Å². The summed E-state index contributed by atoms with van der Waals surface area (Å²) in [6, 6.07) is 11.3. The van der Waals surface area contributed by atoms with Crippen LogP contribution in [-0.4, -0.2) is 58.9 Å². The van der Waals surface area contributed by atoms with Gasteiger partial charge in [-0.15, -0.1) is 0 Å². The maximum absolute atomic E-state index is 12.8. The van der Waals surface area contributed by atoms with Crippen molar-refractivity contribution in [3.63, 3.8) is 0 Å². The van der Waals surface area contributed by atoms with Crippen molar-refractivity contribution in [3.05, 3.63) is 65.2 Å². The predicted molar refractivity (Wildman–Crippen MR) is 137 cm³/mol. The first kappa shape index (κ1) is 26.6. The zero-order valence-electron chi connectivity index (χ0n) is 21.5. The summed E-state index contributed by atoms with van der Waals surface area (Å²) in [6.07, 6.45) is 0.443.